The molecule has 1 nitrogen and oxygen atoms in total. The van der Waals surface area contributed by atoms with Crippen molar-refractivity contribution in [2.75, 3.05) is 0 Å². The van der Waals surface area contributed by atoms with E-state index in [0.29, 0.717) is 11.1 Å². The van der Waals surface area contributed by atoms with Crippen LogP contribution in [0, 0.1) is 0 Å². The SMILES string of the molecule is O=C(c1cc(Cl)c2c(c1)CCCC2)c1cc(Cl)c2c(c1)CCCC2. The molecule has 0 aliphatic heterocycles. The Morgan fingerprint density at radius 1 is 0.667 bits per heavy atom. The van der Waals surface area contributed by atoms with Crippen LogP contribution in [-0.4, -0.2) is 5.78 Å². The van der Waals surface area contributed by atoms with Crippen molar-refractivity contribution in [2.45, 2.75) is 51.4 Å². The van der Waals surface area contributed by atoms with E-state index < -0.39 is 0 Å². The molecule has 0 heterocycles. The van der Waals surface area contributed by atoms with E-state index in [1.807, 2.05) is 24.3 Å². The van der Waals surface area contributed by atoms with Crippen LogP contribution in [0.1, 0.15) is 63.9 Å². The molecular formula is C21H20Cl2O. The molecule has 0 fully saturated rings. The number of carbonyl (C=O) groups is 1. The summed E-state index contributed by atoms with van der Waals surface area (Å²) < 4.78 is 0. The Morgan fingerprint density at radius 2 is 1.08 bits per heavy atom. The number of halogens is 2. The molecule has 0 spiro atoms. The van der Waals surface area contributed by atoms with Crippen molar-refractivity contribution in [3.8, 4) is 0 Å². The smallest absolute Gasteiger partial charge is 0.193 e. The number of carbonyl (C=O) groups excluding carboxylic acids is 1. The summed E-state index contributed by atoms with van der Waals surface area (Å²) in [5, 5.41) is 1.47. The van der Waals surface area contributed by atoms with Gasteiger partial charge in [-0.05, 0) is 97.9 Å². The molecule has 2 aromatic carbocycles. The van der Waals surface area contributed by atoms with Crippen LogP contribution in [0.5, 0.6) is 0 Å². The molecule has 124 valence electrons. The molecule has 0 unspecified atom stereocenters. The molecule has 2 aromatic rings. The van der Waals surface area contributed by atoms with Crippen LogP contribution in [0.15, 0.2) is 24.3 Å². The van der Waals surface area contributed by atoms with Crippen LogP contribution in [0.3, 0.4) is 0 Å². The van der Waals surface area contributed by atoms with E-state index in [0.717, 1.165) is 35.7 Å². The lowest BCUT2D eigenvalue weighted by molar-refractivity contribution is 0.103. The maximum absolute atomic E-state index is 13.0. The van der Waals surface area contributed by atoms with Gasteiger partial charge >= 0.3 is 0 Å². The lowest BCUT2D eigenvalue weighted by atomic mass is 9.87. The Hall–Kier alpha value is -1.31. The highest BCUT2D eigenvalue weighted by atomic mass is 35.5. The fraction of sp³-hybridized carbons (Fsp3) is 0.381. The first kappa shape index (κ1) is 16.2. The van der Waals surface area contributed by atoms with E-state index in [9.17, 15) is 4.79 Å². The van der Waals surface area contributed by atoms with E-state index in [1.54, 1.807) is 0 Å². The molecule has 4 rings (SSSR count). The van der Waals surface area contributed by atoms with Gasteiger partial charge in [0.25, 0.3) is 0 Å². The predicted molar refractivity (Wildman–Crippen MR) is 99.6 cm³/mol. The van der Waals surface area contributed by atoms with Gasteiger partial charge in [-0.25, -0.2) is 0 Å². The number of hydrogen-bond acceptors (Lipinski definition) is 1. The minimum absolute atomic E-state index is 0.0283. The lowest BCUT2D eigenvalue weighted by Crippen LogP contribution is -2.10. The van der Waals surface area contributed by atoms with Crippen molar-refractivity contribution in [3.05, 3.63) is 67.7 Å². The van der Waals surface area contributed by atoms with Gasteiger partial charge in [0.1, 0.15) is 0 Å². The number of aryl methyl sites for hydroxylation is 2. The maximum atomic E-state index is 13.0. The van der Waals surface area contributed by atoms with Crippen LogP contribution < -0.4 is 0 Å². The van der Waals surface area contributed by atoms with Crippen LogP contribution >= 0.6 is 23.2 Å². The molecule has 0 amide bonds. The molecule has 0 bridgehead atoms. The van der Waals surface area contributed by atoms with Gasteiger partial charge < -0.3 is 0 Å². The van der Waals surface area contributed by atoms with Crippen molar-refractivity contribution in [3.63, 3.8) is 0 Å². The summed E-state index contributed by atoms with van der Waals surface area (Å²) in [7, 11) is 0. The van der Waals surface area contributed by atoms with Crippen molar-refractivity contribution >= 4 is 29.0 Å². The van der Waals surface area contributed by atoms with Crippen LogP contribution in [0.4, 0.5) is 0 Å². The highest BCUT2D eigenvalue weighted by Gasteiger charge is 2.20. The third-order valence-electron chi connectivity index (χ3n) is 5.35. The molecule has 2 aliphatic rings. The maximum Gasteiger partial charge on any atom is 0.193 e. The topological polar surface area (TPSA) is 17.1 Å². The van der Waals surface area contributed by atoms with Gasteiger partial charge in [0.05, 0.1) is 0 Å². The summed E-state index contributed by atoms with van der Waals surface area (Å²) in [4.78, 5) is 13.0. The Bertz CT molecular complexity index is 756. The van der Waals surface area contributed by atoms with Gasteiger partial charge in [0.15, 0.2) is 5.78 Å². The molecule has 0 N–H and O–H groups in total. The van der Waals surface area contributed by atoms with Crippen molar-refractivity contribution in [1.29, 1.82) is 0 Å². The largest absolute Gasteiger partial charge is 0.289 e. The summed E-state index contributed by atoms with van der Waals surface area (Å²) in [5.74, 6) is 0.0283. The highest BCUT2D eigenvalue weighted by molar-refractivity contribution is 6.33. The number of ketones is 1. The zero-order valence-electron chi connectivity index (χ0n) is 13.6. The average Bonchev–Trinajstić information content (AvgIpc) is 2.61. The first-order chi connectivity index (χ1) is 11.6. The zero-order valence-corrected chi connectivity index (χ0v) is 15.1. The summed E-state index contributed by atoms with van der Waals surface area (Å²) in [5.41, 5.74) is 6.30. The van der Waals surface area contributed by atoms with E-state index in [1.165, 1.54) is 47.9 Å². The molecule has 24 heavy (non-hydrogen) atoms. The fourth-order valence-electron chi connectivity index (χ4n) is 4.06. The van der Waals surface area contributed by atoms with E-state index in [-0.39, 0.29) is 5.78 Å². The fourth-order valence-corrected chi connectivity index (χ4v) is 4.72. The van der Waals surface area contributed by atoms with Crippen LogP contribution in [0.25, 0.3) is 0 Å². The predicted octanol–water partition coefficient (Wildman–Crippen LogP) is 5.98. The van der Waals surface area contributed by atoms with Crippen molar-refractivity contribution in [1.82, 2.24) is 0 Å². The lowest BCUT2D eigenvalue weighted by Gasteiger charge is -2.20. The first-order valence-electron chi connectivity index (χ1n) is 8.81. The van der Waals surface area contributed by atoms with E-state index in [4.69, 9.17) is 23.2 Å². The molecule has 0 atom stereocenters. The third kappa shape index (κ3) is 2.89. The second-order valence-corrected chi connectivity index (χ2v) is 7.75. The van der Waals surface area contributed by atoms with E-state index in [2.05, 4.69) is 0 Å². The zero-order chi connectivity index (χ0) is 16.7. The molecule has 0 saturated heterocycles. The van der Waals surface area contributed by atoms with Crippen molar-refractivity contribution in [2.24, 2.45) is 0 Å². The molecular weight excluding hydrogens is 339 g/mol. The van der Waals surface area contributed by atoms with Crippen LogP contribution in [0.2, 0.25) is 10.0 Å². The van der Waals surface area contributed by atoms with Crippen LogP contribution in [-0.2, 0) is 25.7 Å². The molecule has 0 radical (unpaired) electrons. The second kappa shape index (κ2) is 6.54. The second-order valence-electron chi connectivity index (χ2n) is 6.93. The number of hydrogen-bond donors (Lipinski definition) is 0. The molecule has 0 saturated carbocycles. The summed E-state index contributed by atoms with van der Waals surface area (Å²) >= 11 is 12.9. The number of rotatable bonds is 2. The Morgan fingerprint density at radius 3 is 1.54 bits per heavy atom. The Balaban J connectivity index is 1.74. The highest BCUT2D eigenvalue weighted by Crippen LogP contribution is 2.33. The Kier molecular flexibility index (Phi) is 4.40. The van der Waals surface area contributed by atoms with Gasteiger partial charge in [0.2, 0.25) is 0 Å². The molecule has 0 aromatic heterocycles. The summed E-state index contributed by atoms with van der Waals surface area (Å²) in [6.45, 7) is 0. The minimum Gasteiger partial charge on any atom is -0.289 e. The number of benzene rings is 2. The Labute approximate surface area is 153 Å². The molecule has 3 heteroatoms. The number of fused-ring (bicyclic) bond motifs is 2. The minimum atomic E-state index is 0.0283. The average molecular weight is 359 g/mol. The van der Waals surface area contributed by atoms with Gasteiger partial charge in [-0.15, -0.1) is 0 Å². The third-order valence-corrected chi connectivity index (χ3v) is 6.02. The van der Waals surface area contributed by atoms with Gasteiger partial charge in [-0.3, -0.25) is 4.79 Å². The monoisotopic (exact) mass is 358 g/mol. The summed E-state index contributed by atoms with van der Waals surface area (Å²) in [6, 6.07) is 7.74. The normalized spacial score (nSPS) is 16.4. The van der Waals surface area contributed by atoms with Gasteiger partial charge in [-0.2, -0.15) is 0 Å². The first-order valence-corrected chi connectivity index (χ1v) is 9.56. The van der Waals surface area contributed by atoms with E-state index >= 15 is 0 Å². The standard InChI is InChI=1S/C21H20Cl2O/c22-19-11-15(9-13-5-1-3-7-17(13)19)21(24)16-10-14-6-2-4-8-18(14)20(23)12-16/h9-12H,1-8H2. The summed E-state index contributed by atoms with van der Waals surface area (Å²) in [6.07, 6.45) is 8.78. The van der Waals surface area contributed by atoms with Gasteiger partial charge in [-0.1, -0.05) is 23.2 Å². The molecule has 2 aliphatic carbocycles. The van der Waals surface area contributed by atoms with Crippen molar-refractivity contribution < 1.29 is 4.79 Å². The van der Waals surface area contributed by atoms with Gasteiger partial charge in [0, 0.05) is 21.2 Å². The quantitative estimate of drug-likeness (QED) is 0.603.